The molecule has 0 unspecified atom stereocenters. The van der Waals surface area contributed by atoms with Crippen LogP contribution in [0.15, 0.2) is 12.1 Å². The van der Waals surface area contributed by atoms with Crippen molar-refractivity contribution in [2.45, 2.75) is 6.92 Å². The Morgan fingerprint density at radius 2 is 2.20 bits per heavy atom. The summed E-state index contributed by atoms with van der Waals surface area (Å²) in [6.07, 6.45) is 2.89. The summed E-state index contributed by atoms with van der Waals surface area (Å²) in [6, 6.07) is 1.66. The van der Waals surface area contributed by atoms with Gasteiger partial charge in [0.05, 0.1) is 12.8 Å². The fourth-order valence-corrected chi connectivity index (χ4v) is 1.05. The van der Waals surface area contributed by atoms with Gasteiger partial charge in [-0.15, -0.1) is 0 Å². The average Bonchev–Trinajstić information content (AvgIpc) is 2.21. The number of hydrogen-bond acceptors (Lipinski definition) is 5. The molecule has 5 nitrogen and oxygen atoms in total. The predicted molar refractivity (Wildman–Crippen MR) is 58.8 cm³/mol. The molecule has 80 valence electrons. The number of ether oxygens (including phenoxy) is 1. The zero-order valence-electron chi connectivity index (χ0n) is 8.65. The molecular weight excluding hydrogens is 194 g/mol. The Morgan fingerprint density at radius 1 is 1.53 bits per heavy atom. The van der Waals surface area contributed by atoms with Gasteiger partial charge in [0, 0.05) is 11.8 Å². The number of carbonyl (C=O) groups is 1. The molecule has 1 aromatic heterocycles. The first kappa shape index (κ1) is 11.0. The minimum atomic E-state index is -0.426. The van der Waals surface area contributed by atoms with Gasteiger partial charge in [0.25, 0.3) is 0 Å². The van der Waals surface area contributed by atoms with Gasteiger partial charge in [-0.1, -0.05) is 0 Å². The summed E-state index contributed by atoms with van der Waals surface area (Å²) in [4.78, 5) is 14.9. The first-order valence-electron chi connectivity index (χ1n) is 4.33. The van der Waals surface area contributed by atoms with Crippen molar-refractivity contribution in [1.29, 1.82) is 0 Å². The molecule has 0 aromatic carbocycles. The smallest absolute Gasteiger partial charge is 0.330 e. The molecule has 0 atom stereocenters. The van der Waals surface area contributed by atoms with Crippen LogP contribution in [0.2, 0.25) is 0 Å². The lowest BCUT2D eigenvalue weighted by molar-refractivity contribution is -0.134. The number of anilines is 2. The van der Waals surface area contributed by atoms with E-state index in [-0.39, 0.29) is 0 Å². The predicted octanol–water partition coefficient (Wildman–Crippen LogP) is 0.741. The Balaban J connectivity index is 3.00. The number of nitrogen functional groups attached to an aromatic ring is 2. The second-order valence-corrected chi connectivity index (χ2v) is 2.99. The minimum Gasteiger partial charge on any atom is -0.466 e. The number of aromatic nitrogens is 1. The molecule has 0 saturated carbocycles. The standard InChI is InChI=1S/C10H13N3O2/c1-6-7(3-4-9(14)15-2)5-8(11)10(12)13-6/h3-5H,11H2,1-2H3,(H2,12,13). The number of pyridine rings is 1. The lowest BCUT2D eigenvalue weighted by Crippen LogP contribution is -2.01. The van der Waals surface area contributed by atoms with Gasteiger partial charge in [-0.25, -0.2) is 9.78 Å². The largest absolute Gasteiger partial charge is 0.466 e. The van der Waals surface area contributed by atoms with E-state index in [4.69, 9.17) is 11.5 Å². The molecule has 1 aromatic rings. The summed E-state index contributed by atoms with van der Waals surface area (Å²) < 4.78 is 4.46. The van der Waals surface area contributed by atoms with Crippen LogP contribution >= 0.6 is 0 Å². The minimum absolute atomic E-state index is 0.294. The lowest BCUT2D eigenvalue weighted by Gasteiger charge is -2.04. The van der Waals surface area contributed by atoms with Crippen molar-refractivity contribution < 1.29 is 9.53 Å². The van der Waals surface area contributed by atoms with Gasteiger partial charge in [-0.2, -0.15) is 0 Å². The molecule has 4 N–H and O–H groups in total. The highest BCUT2D eigenvalue weighted by atomic mass is 16.5. The molecule has 0 aliphatic heterocycles. The van der Waals surface area contributed by atoms with Crippen molar-refractivity contribution in [2.24, 2.45) is 0 Å². The van der Waals surface area contributed by atoms with E-state index < -0.39 is 5.97 Å². The Hall–Kier alpha value is -2.04. The Morgan fingerprint density at radius 3 is 2.80 bits per heavy atom. The van der Waals surface area contributed by atoms with Crippen LogP contribution < -0.4 is 11.5 Å². The number of methoxy groups -OCH3 is 1. The first-order valence-corrected chi connectivity index (χ1v) is 4.33. The van der Waals surface area contributed by atoms with E-state index in [1.807, 2.05) is 0 Å². The molecule has 0 saturated heterocycles. The second-order valence-electron chi connectivity index (χ2n) is 2.99. The molecule has 0 aliphatic carbocycles. The van der Waals surface area contributed by atoms with E-state index in [2.05, 4.69) is 9.72 Å². The van der Waals surface area contributed by atoms with Crippen LogP contribution in [0.5, 0.6) is 0 Å². The third kappa shape index (κ3) is 2.70. The fraction of sp³-hybridized carbons (Fsp3) is 0.200. The topological polar surface area (TPSA) is 91.2 Å². The van der Waals surface area contributed by atoms with Gasteiger partial charge >= 0.3 is 5.97 Å². The Kier molecular flexibility index (Phi) is 3.28. The number of esters is 1. The number of hydrogen-bond donors (Lipinski definition) is 2. The first-order chi connectivity index (χ1) is 7.04. The highest BCUT2D eigenvalue weighted by Crippen LogP contribution is 2.17. The van der Waals surface area contributed by atoms with Crippen molar-refractivity contribution in [1.82, 2.24) is 4.98 Å². The maximum atomic E-state index is 10.9. The van der Waals surface area contributed by atoms with Gasteiger partial charge in [0.1, 0.15) is 5.82 Å². The molecular formula is C10H13N3O2. The van der Waals surface area contributed by atoms with E-state index in [1.165, 1.54) is 13.2 Å². The summed E-state index contributed by atoms with van der Waals surface area (Å²) in [7, 11) is 1.31. The Labute approximate surface area is 87.7 Å². The van der Waals surface area contributed by atoms with E-state index in [1.54, 1.807) is 19.1 Å². The number of nitrogens with two attached hydrogens (primary N) is 2. The van der Waals surface area contributed by atoms with Gasteiger partial charge in [0.2, 0.25) is 0 Å². The molecule has 0 fully saturated rings. The summed E-state index contributed by atoms with van der Waals surface area (Å²) >= 11 is 0. The zero-order chi connectivity index (χ0) is 11.4. The van der Waals surface area contributed by atoms with E-state index in [9.17, 15) is 4.79 Å². The second kappa shape index (κ2) is 4.45. The van der Waals surface area contributed by atoms with Crippen molar-refractivity contribution in [2.75, 3.05) is 18.6 Å². The lowest BCUT2D eigenvalue weighted by atomic mass is 10.1. The molecule has 0 radical (unpaired) electrons. The molecule has 0 bridgehead atoms. The summed E-state index contributed by atoms with van der Waals surface area (Å²) in [6.45, 7) is 1.78. The number of nitrogens with zero attached hydrogens (tertiary/aromatic N) is 1. The van der Waals surface area contributed by atoms with Gasteiger partial charge in [-0.05, 0) is 24.6 Å². The quantitative estimate of drug-likeness (QED) is 0.551. The third-order valence-electron chi connectivity index (χ3n) is 1.91. The molecule has 0 amide bonds. The van der Waals surface area contributed by atoms with Crippen molar-refractivity contribution in [3.05, 3.63) is 23.4 Å². The third-order valence-corrected chi connectivity index (χ3v) is 1.91. The van der Waals surface area contributed by atoms with Crippen LogP contribution in [-0.4, -0.2) is 18.1 Å². The van der Waals surface area contributed by atoms with Crippen LogP contribution in [0.25, 0.3) is 6.08 Å². The molecule has 5 heteroatoms. The SMILES string of the molecule is COC(=O)C=Cc1cc(N)c(N)nc1C. The summed E-state index contributed by atoms with van der Waals surface area (Å²) in [5.74, 6) is -0.132. The van der Waals surface area contributed by atoms with Crippen molar-refractivity contribution >= 4 is 23.6 Å². The summed E-state index contributed by atoms with van der Waals surface area (Å²) in [5.41, 5.74) is 13.0. The number of rotatable bonds is 2. The highest BCUT2D eigenvalue weighted by Gasteiger charge is 2.02. The average molecular weight is 207 g/mol. The monoisotopic (exact) mass is 207 g/mol. The van der Waals surface area contributed by atoms with E-state index >= 15 is 0 Å². The van der Waals surface area contributed by atoms with Crippen molar-refractivity contribution in [3.63, 3.8) is 0 Å². The number of carbonyl (C=O) groups excluding carboxylic acids is 1. The van der Waals surface area contributed by atoms with E-state index in [0.717, 1.165) is 5.56 Å². The maximum absolute atomic E-state index is 10.9. The van der Waals surface area contributed by atoms with Crippen LogP contribution in [0.1, 0.15) is 11.3 Å². The maximum Gasteiger partial charge on any atom is 0.330 e. The van der Waals surface area contributed by atoms with Crippen LogP contribution in [-0.2, 0) is 9.53 Å². The Bertz CT molecular complexity index is 413. The van der Waals surface area contributed by atoms with Crippen LogP contribution in [0.4, 0.5) is 11.5 Å². The fourth-order valence-electron chi connectivity index (χ4n) is 1.05. The molecule has 0 spiro atoms. The normalized spacial score (nSPS) is 10.5. The van der Waals surface area contributed by atoms with Crippen LogP contribution in [0, 0.1) is 6.92 Å². The van der Waals surface area contributed by atoms with Gasteiger partial charge in [-0.3, -0.25) is 0 Å². The van der Waals surface area contributed by atoms with Gasteiger partial charge in [0.15, 0.2) is 0 Å². The summed E-state index contributed by atoms with van der Waals surface area (Å²) in [5, 5.41) is 0. The molecule has 1 heterocycles. The van der Waals surface area contributed by atoms with Crippen LogP contribution in [0.3, 0.4) is 0 Å². The molecule has 1 rings (SSSR count). The highest BCUT2D eigenvalue weighted by molar-refractivity contribution is 5.87. The molecule has 15 heavy (non-hydrogen) atoms. The van der Waals surface area contributed by atoms with Crippen molar-refractivity contribution in [3.8, 4) is 0 Å². The van der Waals surface area contributed by atoms with Gasteiger partial charge < -0.3 is 16.2 Å². The molecule has 0 aliphatic rings. The number of aryl methyl sites for hydroxylation is 1. The zero-order valence-corrected chi connectivity index (χ0v) is 8.65. The van der Waals surface area contributed by atoms with E-state index in [0.29, 0.717) is 17.2 Å².